The van der Waals surface area contributed by atoms with E-state index in [2.05, 4.69) is 54.5 Å². The van der Waals surface area contributed by atoms with Gasteiger partial charge in [-0.05, 0) is 109 Å². The standard InChI is InChI=1S/C36H56O7/c1-31(2)14-16-36(19-23-27(39)28(40)29(41)30(43-23)42-20-37)17-15-34(6)21(22(36)18-31)8-9-25-33(5)12-11-26(38)32(3,4)24(33)10-13-35(25,34)7/h8,20,22-25,27-30,39-41H,9-19H2,1-7H3/t22?,23-,24?,25?,27?,28+,29-,30?,33-,34+,35+,36+/m0/s1. The van der Waals surface area contributed by atoms with Crippen LogP contribution < -0.4 is 0 Å². The van der Waals surface area contributed by atoms with Crippen molar-refractivity contribution in [1.29, 1.82) is 0 Å². The third-order valence-corrected chi connectivity index (χ3v) is 15.0. The number of hydrogen-bond donors (Lipinski definition) is 3. The molecule has 7 nitrogen and oxygen atoms in total. The summed E-state index contributed by atoms with van der Waals surface area (Å²) in [5, 5.41) is 32.1. The Bertz CT molecular complexity index is 1180. The molecule has 0 radical (unpaired) electrons. The van der Waals surface area contributed by atoms with Crippen LogP contribution in [0.3, 0.4) is 0 Å². The highest BCUT2D eigenvalue weighted by atomic mass is 16.7. The summed E-state index contributed by atoms with van der Waals surface area (Å²) < 4.78 is 11.0. The molecule has 4 saturated carbocycles. The Kier molecular flexibility index (Phi) is 7.45. The minimum absolute atomic E-state index is 0.0436. The molecule has 3 N–H and O–H groups in total. The molecule has 242 valence electrons. The number of aliphatic hydroxyl groups excluding tert-OH is 3. The van der Waals surface area contributed by atoms with Gasteiger partial charge in [0.1, 0.15) is 24.1 Å². The fraction of sp³-hybridized carbons (Fsp3) is 0.889. The van der Waals surface area contributed by atoms with Crippen LogP contribution in [0.2, 0.25) is 0 Å². The van der Waals surface area contributed by atoms with Gasteiger partial charge < -0.3 is 24.8 Å². The van der Waals surface area contributed by atoms with Gasteiger partial charge in [0, 0.05) is 11.8 Å². The molecule has 6 aliphatic rings. The smallest absolute Gasteiger partial charge is 0.295 e. The molecular weight excluding hydrogens is 544 g/mol. The van der Waals surface area contributed by atoms with E-state index in [1.165, 1.54) is 0 Å². The predicted molar refractivity (Wildman–Crippen MR) is 162 cm³/mol. The average Bonchev–Trinajstić information content (AvgIpc) is 2.93. The number of rotatable bonds is 4. The van der Waals surface area contributed by atoms with Crippen molar-refractivity contribution in [3.8, 4) is 0 Å². The van der Waals surface area contributed by atoms with E-state index in [9.17, 15) is 24.9 Å². The van der Waals surface area contributed by atoms with Crippen LogP contribution in [0.4, 0.5) is 0 Å². The predicted octanol–water partition coefficient (Wildman–Crippen LogP) is 5.73. The third-order valence-electron chi connectivity index (χ3n) is 15.0. The average molecular weight is 601 g/mol. The lowest BCUT2D eigenvalue weighted by Gasteiger charge is -2.71. The van der Waals surface area contributed by atoms with E-state index in [4.69, 9.17) is 9.47 Å². The second-order valence-electron chi connectivity index (χ2n) is 17.7. The molecule has 0 aromatic heterocycles. The molecule has 6 rings (SSSR count). The molecule has 43 heavy (non-hydrogen) atoms. The number of hydrogen-bond acceptors (Lipinski definition) is 7. The maximum Gasteiger partial charge on any atom is 0.295 e. The number of fused-ring (bicyclic) bond motifs is 7. The molecule has 0 spiro atoms. The van der Waals surface area contributed by atoms with Crippen molar-refractivity contribution in [1.82, 2.24) is 0 Å². The first-order valence-electron chi connectivity index (χ1n) is 17.0. The van der Waals surface area contributed by atoms with Gasteiger partial charge in [-0.3, -0.25) is 9.59 Å². The molecule has 0 amide bonds. The molecular formula is C36H56O7. The van der Waals surface area contributed by atoms with Crippen LogP contribution in [0.15, 0.2) is 11.6 Å². The number of carbonyl (C=O) groups excluding carboxylic acids is 2. The molecule has 1 aliphatic heterocycles. The summed E-state index contributed by atoms with van der Waals surface area (Å²) in [7, 11) is 0. The van der Waals surface area contributed by atoms with Crippen LogP contribution >= 0.6 is 0 Å². The Morgan fingerprint density at radius 3 is 2.30 bits per heavy atom. The van der Waals surface area contributed by atoms with Crippen molar-refractivity contribution < 1.29 is 34.4 Å². The molecule has 0 aromatic rings. The summed E-state index contributed by atoms with van der Waals surface area (Å²) in [5.74, 6) is 1.72. The van der Waals surface area contributed by atoms with Crippen molar-refractivity contribution in [2.75, 3.05) is 0 Å². The molecule has 0 bridgehead atoms. The fourth-order valence-corrected chi connectivity index (χ4v) is 12.2. The number of aliphatic hydroxyl groups is 3. The van der Waals surface area contributed by atoms with Gasteiger partial charge in [-0.25, -0.2) is 0 Å². The maximum atomic E-state index is 13.1. The summed E-state index contributed by atoms with van der Waals surface area (Å²) in [6.45, 7) is 17.0. The molecule has 5 fully saturated rings. The SMILES string of the molecule is CC1(C)CC[C@]2(C[C@@H]3OC(OC=O)[C@@H](O)[C@H](O)C3O)CC[C@]3(C)C(=CCC4[C@@]5(C)CCC(=O)C(C)(C)C5CC[C@]43C)C2C1. The van der Waals surface area contributed by atoms with Gasteiger partial charge in [0.2, 0.25) is 6.29 Å². The number of Topliss-reactive ketones (excluding diaryl/α,β-unsaturated/α-hetero) is 1. The van der Waals surface area contributed by atoms with Crippen molar-refractivity contribution >= 4 is 12.3 Å². The summed E-state index contributed by atoms with van der Waals surface area (Å²) in [6, 6.07) is 0. The van der Waals surface area contributed by atoms with Gasteiger partial charge in [-0.1, -0.05) is 60.1 Å². The monoisotopic (exact) mass is 600 g/mol. The van der Waals surface area contributed by atoms with Gasteiger partial charge in [-0.15, -0.1) is 0 Å². The summed E-state index contributed by atoms with van der Waals surface area (Å²) in [5.41, 5.74) is 1.72. The summed E-state index contributed by atoms with van der Waals surface area (Å²) >= 11 is 0. The van der Waals surface area contributed by atoms with E-state index in [-0.39, 0.29) is 39.0 Å². The van der Waals surface area contributed by atoms with Gasteiger partial charge in [0.15, 0.2) is 0 Å². The second-order valence-corrected chi connectivity index (χ2v) is 17.7. The van der Waals surface area contributed by atoms with Crippen molar-refractivity contribution in [3.63, 3.8) is 0 Å². The zero-order valence-electron chi connectivity index (χ0n) is 27.5. The number of ketones is 1. The fourth-order valence-electron chi connectivity index (χ4n) is 12.2. The zero-order valence-corrected chi connectivity index (χ0v) is 27.5. The van der Waals surface area contributed by atoms with Gasteiger partial charge in [-0.2, -0.15) is 0 Å². The van der Waals surface area contributed by atoms with E-state index < -0.39 is 30.7 Å². The summed E-state index contributed by atoms with van der Waals surface area (Å²) in [4.78, 5) is 24.2. The van der Waals surface area contributed by atoms with Crippen molar-refractivity contribution in [3.05, 3.63) is 11.6 Å². The minimum atomic E-state index is -1.49. The Morgan fingerprint density at radius 1 is 0.907 bits per heavy atom. The van der Waals surface area contributed by atoms with E-state index >= 15 is 0 Å². The number of allylic oxidation sites excluding steroid dienone is 2. The largest absolute Gasteiger partial charge is 0.435 e. The number of ether oxygens (including phenoxy) is 2. The first-order chi connectivity index (χ1) is 20.0. The lowest BCUT2D eigenvalue weighted by atomic mass is 9.33. The lowest BCUT2D eigenvalue weighted by molar-refractivity contribution is -0.291. The van der Waals surface area contributed by atoms with E-state index in [0.717, 1.165) is 57.8 Å². The highest BCUT2D eigenvalue weighted by Gasteiger charge is 2.68. The molecule has 5 unspecified atom stereocenters. The van der Waals surface area contributed by atoms with Gasteiger partial charge in [0.25, 0.3) is 6.47 Å². The van der Waals surface area contributed by atoms with Crippen LogP contribution in [0, 0.1) is 50.2 Å². The highest BCUT2D eigenvalue weighted by molar-refractivity contribution is 5.85. The maximum absolute atomic E-state index is 13.1. The lowest BCUT2D eigenvalue weighted by Crippen LogP contribution is -2.64. The Hall–Kier alpha value is -1.28. The van der Waals surface area contributed by atoms with Gasteiger partial charge in [0.05, 0.1) is 6.10 Å². The Labute approximate surface area is 258 Å². The van der Waals surface area contributed by atoms with Gasteiger partial charge >= 0.3 is 0 Å². The van der Waals surface area contributed by atoms with E-state index in [1.54, 1.807) is 5.57 Å². The minimum Gasteiger partial charge on any atom is -0.435 e. The quantitative estimate of drug-likeness (QED) is 0.279. The third kappa shape index (κ3) is 4.41. The first-order valence-corrected chi connectivity index (χ1v) is 17.0. The van der Waals surface area contributed by atoms with Crippen LogP contribution in [-0.4, -0.2) is 58.3 Å². The zero-order chi connectivity index (χ0) is 31.4. The van der Waals surface area contributed by atoms with Crippen LogP contribution in [0.1, 0.15) is 119 Å². The Balaban J connectivity index is 1.37. The van der Waals surface area contributed by atoms with Crippen LogP contribution in [-0.2, 0) is 19.1 Å². The van der Waals surface area contributed by atoms with Crippen LogP contribution in [0.5, 0.6) is 0 Å². The highest BCUT2D eigenvalue weighted by Crippen LogP contribution is 2.76. The second kappa shape index (κ2) is 10.1. The molecule has 0 aromatic carbocycles. The number of carbonyl (C=O) groups is 2. The molecule has 7 heteroatoms. The normalized spacial score (nSPS) is 52.0. The summed E-state index contributed by atoms with van der Waals surface area (Å²) in [6.07, 6.45) is 7.18. The Morgan fingerprint density at radius 2 is 1.60 bits per heavy atom. The molecule has 12 atom stereocenters. The molecule has 1 heterocycles. The van der Waals surface area contributed by atoms with Crippen molar-refractivity contribution in [2.45, 2.75) is 150 Å². The molecule has 5 aliphatic carbocycles. The van der Waals surface area contributed by atoms with E-state index in [0.29, 0.717) is 36.4 Å². The van der Waals surface area contributed by atoms with E-state index in [1.807, 2.05) is 0 Å². The first kappa shape index (κ1) is 31.7. The molecule has 1 saturated heterocycles. The van der Waals surface area contributed by atoms with Crippen molar-refractivity contribution in [2.24, 2.45) is 50.2 Å². The topological polar surface area (TPSA) is 113 Å². The van der Waals surface area contributed by atoms with Crippen LogP contribution in [0.25, 0.3) is 0 Å².